The van der Waals surface area contributed by atoms with Crippen LogP contribution in [0.2, 0.25) is 0 Å². The molecule has 2 rings (SSSR count). The van der Waals surface area contributed by atoms with Crippen molar-refractivity contribution in [3.63, 3.8) is 0 Å². The summed E-state index contributed by atoms with van der Waals surface area (Å²) in [5.74, 6) is 1.03. The number of hydrogen-bond donors (Lipinski definition) is 1. The maximum Gasteiger partial charge on any atom is 0.230 e. The number of nitrogens with zero attached hydrogens (tertiary/aromatic N) is 1. The predicted octanol–water partition coefficient (Wildman–Crippen LogP) is 1.68. The quantitative estimate of drug-likeness (QED) is 0.838. The number of nitrogens with one attached hydrogen (secondary N) is 1. The SMILES string of the molecule is COCC1(C(=O)N(C)CC2CCC2)CCNCC1.Cl. The molecule has 1 heterocycles. The molecule has 1 saturated heterocycles. The Morgan fingerprint density at radius 2 is 2.00 bits per heavy atom. The first-order chi connectivity index (χ1) is 8.68. The second-order valence-electron chi connectivity index (χ2n) is 5.95. The zero-order valence-corrected chi connectivity index (χ0v) is 12.9. The van der Waals surface area contributed by atoms with Gasteiger partial charge >= 0.3 is 0 Å². The molecule has 0 aromatic heterocycles. The van der Waals surface area contributed by atoms with Crippen LogP contribution in [0, 0.1) is 11.3 Å². The van der Waals surface area contributed by atoms with Gasteiger partial charge in [0, 0.05) is 20.7 Å². The van der Waals surface area contributed by atoms with Gasteiger partial charge in [-0.25, -0.2) is 0 Å². The van der Waals surface area contributed by atoms with Gasteiger partial charge in [-0.3, -0.25) is 4.79 Å². The van der Waals surface area contributed by atoms with Gasteiger partial charge in [-0.15, -0.1) is 12.4 Å². The average molecular weight is 291 g/mol. The Labute approximate surface area is 122 Å². The van der Waals surface area contributed by atoms with Crippen molar-refractivity contribution in [2.75, 3.05) is 40.4 Å². The van der Waals surface area contributed by atoms with E-state index >= 15 is 0 Å². The topological polar surface area (TPSA) is 41.6 Å². The first-order valence-corrected chi connectivity index (χ1v) is 7.13. The Hall–Kier alpha value is -0.320. The largest absolute Gasteiger partial charge is 0.384 e. The number of halogens is 1. The van der Waals surface area contributed by atoms with E-state index in [0.29, 0.717) is 6.61 Å². The summed E-state index contributed by atoms with van der Waals surface area (Å²) in [7, 11) is 3.66. The average Bonchev–Trinajstić information content (AvgIpc) is 2.34. The van der Waals surface area contributed by atoms with Crippen molar-refractivity contribution >= 4 is 18.3 Å². The van der Waals surface area contributed by atoms with Crippen molar-refractivity contribution in [2.45, 2.75) is 32.1 Å². The molecule has 2 fully saturated rings. The van der Waals surface area contributed by atoms with Gasteiger partial charge in [-0.05, 0) is 44.7 Å². The highest BCUT2D eigenvalue weighted by Crippen LogP contribution is 2.33. The highest BCUT2D eigenvalue weighted by atomic mass is 35.5. The highest BCUT2D eigenvalue weighted by molar-refractivity contribution is 5.85. The van der Waals surface area contributed by atoms with Crippen molar-refractivity contribution in [3.05, 3.63) is 0 Å². The summed E-state index contributed by atoms with van der Waals surface area (Å²) in [6.45, 7) is 3.33. The van der Waals surface area contributed by atoms with Crippen LogP contribution < -0.4 is 5.32 Å². The van der Waals surface area contributed by atoms with Crippen LogP contribution in [0.25, 0.3) is 0 Å². The Kier molecular flexibility index (Phi) is 6.57. The van der Waals surface area contributed by atoms with Gasteiger partial charge < -0.3 is 15.0 Å². The molecule has 1 saturated carbocycles. The molecule has 0 bridgehead atoms. The van der Waals surface area contributed by atoms with E-state index in [1.54, 1.807) is 7.11 Å². The van der Waals surface area contributed by atoms with Crippen LogP contribution in [0.4, 0.5) is 0 Å². The fourth-order valence-corrected chi connectivity index (χ4v) is 3.15. The van der Waals surface area contributed by atoms with E-state index in [-0.39, 0.29) is 23.7 Å². The van der Waals surface area contributed by atoms with Gasteiger partial charge in [0.15, 0.2) is 0 Å². The lowest BCUT2D eigenvalue weighted by Crippen LogP contribution is -2.51. The first-order valence-electron chi connectivity index (χ1n) is 7.13. The fraction of sp³-hybridized carbons (Fsp3) is 0.929. The van der Waals surface area contributed by atoms with Crippen LogP contribution in [-0.2, 0) is 9.53 Å². The van der Waals surface area contributed by atoms with Gasteiger partial charge in [-0.1, -0.05) is 6.42 Å². The fourth-order valence-electron chi connectivity index (χ4n) is 3.15. The molecule has 19 heavy (non-hydrogen) atoms. The molecule has 0 aromatic rings. The molecular weight excluding hydrogens is 264 g/mol. The molecule has 1 aliphatic carbocycles. The summed E-state index contributed by atoms with van der Waals surface area (Å²) in [5, 5.41) is 3.33. The molecular formula is C14H27ClN2O2. The lowest BCUT2D eigenvalue weighted by atomic mass is 9.77. The van der Waals surface area contributed by atoms with Gasteiger partial charge in [-0.2, -0.15) is 0 Å². The Bertz CT molecular complexity index is 284. The summed E-state index contributed by atoms with van der Waals surface area (Å²) in [6.07, 6.45) is 5.70. The van der Waals surface area contributed by atoms with Crippen molar-refractivity contribution in [1.29, 1.82) is 0 Å². The minimum absolute atomic E-state index is 0. The number of carbonyl (C=O) groups is 1. The molecule has 0 radical (unpaired) electrons. The molecule has 0 aromatic carbocycles. The second-order valence-corrected chi connectivity index (χ2v) is 5.95. The van der Waals surface area contributed by atoms with E-state index < -0.39 is 0 Å². The Morgan fingerprint density at radius 3 is 2.47 bits per heavy atom. The molecule has 0 unspecified atom stereocenters. The monoisotopic (exact) mass is 290 g/mol. The zero-order chi connectivity index (χ0) is 13.0. The van der Waals surface area contributed by atoms with Crippen molar-refractivity contribution < 1.29 is 9.53 Å². The molecule has 4 nitrogen and oxygen atoms in total. The summed E-state index contributed by atoms with van der Waals surface area (Å²) >= 11 is 0. The maximum atomic E-state index is 12.7. The second kappa shape index (κ2) is 7.46. The number of amides is 1. The smallest absolute Gasteiger partial charge is 0.230 e. The normalized spacial score (nSPS) is 22.2. The zero-order valence-electron chi connectivity index (χ0n) is 12.1. The lowest BCUT2D eigenvalue weighted by Gasteiger charge is -2.40. The standard InChI is InChI=1S/C14H26N2O2.ClH/c1-16(10-12-4-3-5-12)13(17)14(11-18-2)6-8-15-9-7-14;/h12,15H,3-11H2,1-2H3;1H. The number of rotatable bonds is 5. The van der Waals surface area contributed by atoms with Crippen LogP contribution in [0.5, 0.6) is 0 Å². The molecule has 0 spiro atoms. The molecule has 1 aliphatic heterocycles. The van der Waals surface area contributed by atoms with Gasteiger partial charge in [0.2, 0.25) is 5.91 Å². The third kappa shape index (κ3) is 3.83. The third-order valence-corrected chi connectivity index (χ3v) is 4.54. The molecule has 1 N–H and O–H groups in total. The van der Waals surface area contributed by atoms with Gasteiger partial charge in [0.05, 0.1) is 12.0 Å². The molecule has 0 atom stereocenters. The number of methoxy groups -OCH3 is 1. The van der Waals surface area contributed by atoms with Gasteiger partial charge in [0.25, 0.3) is 0 Å². The van der Waals surface area contributed by atoms with E-state index in [1.165, 1.54) is 19.3 Å². The molecule has 2 aliphatic rings. The van der Waals surface area contributed by atoms with Crippen LogP contribution in [-0.4, -0.2) is 51.2 Å². The minimum atomic E-state index is -0.279. The van der Waals surface area contributed by atoms with E-state index in [9.17, 15) is 4.79 Å². The third-order valence-electron chi connectivity index (χ3n) is 4.54. The maximum absolute atomic E-state index is 12.7. The van der Waals surface area contributed by atoms with Crippen LogP contribution in [0.3, 0.4) is 0 Å². The number of carbonyl (C=O) groups excluding carboxylic acids is 1. The predicted molar refractivity (Wildman–Crippen MR) is 78.6 cm³/mol. The summed E-state index contributed by atoms with van der Waals surface area (Å²) < 4.78 is 5.33. The van der Waals surface area contributed by atoms with Crippen LogP contribution >= 0.6 is 12.4 Å². The number of piperidine rings is 1. The highest BCUT2D eigenvalue weighted by Gasteiger charge is 2.41. The Morgan fingerprint density at radius 1 is 1.37 bits per heavy atom. The van der Waals surface area contributed by atoms with E-state index in [0.717, 1.165) is 38.4 Å². The number of hydrogen-bond acceptors (Lipinski definition) is 3. The van der Waals surface area contributed by atoms with Crippen LogP contribution in [0.15, 0.2) is 0 Å². The van der Waals surface area contributed by atoms with Crippen molar-refractivity contribution in [3.8, 4) is 0 Å². The number of ether oxygens (including phenoxy) is 1. The van der Waals surface area contributed by atoms with Crippen molar-refractivity contribution in [1.82, 2.24) is 10.2 Å². The van der Waals surface area contributed by atoms with E-state index in [1.807, 2.05) is 11.9 Å². The van der Waals surface area contributed by atoms with Gasteiger partial charge in [0.1, 0.15) is 0 Å². The van der Waals surface area contributed by atoms with E-state index in [2.05, 4.69) is 5.32 Å². The minimum Gasteiger partial charge on any atom is -0.384 e. The summed E-state index contributed by atoms with van der Waals surface area (Å²) in [5.41, 5.74) is -0.279. The first kappa shape index (κ1) is 16.7. The molecule has 1 amide bonds. The van der Waals surface area contributed by atoms with Crippen molar-refractivity contribution in [2.24, 2.45) is 11.3 Å². The summed E-state index contributed by atoms with van der Waals surface area (Å²) in [6, 6.07) is 0. The Balaban J connectivity index is 0.00000180. The molecule has 5 heteroatoms. The van der Waals surface area contributed by atoms with E-state index in [4.69, 9.17) is 4.74 Å². The molecule has 112 valence electrons. The summed E-state index contributed by atoms with van der Waals surface area (Å²) in [4.78, 5) is 14.7. The van der Waals surface area contributed by atoms with Crippen LogP contribution in [0.1, 0.15) is 32.1 Å². The lowest BCUT2D eigenvalue weighted by molar-refractivity contribution is -0.147.